The molecule has 0 saturated heterocycles. The Balaban J connectivity index is -0.0000000951. The summed E-state index contributed by atoms with van der Waals surface area (Å²) in [5.74, 6) is -5.02. The maximum Gasteiger partial charge on any atom is 0 e. The van der Waals surface area contributed by atoms with Crippen molar-refractivity contribution in [2.75, 3.05) is 13.2 Å². The second-order valence-corrected chi connectivity index (χ2v) is 2.92. The first-order valence-corrected chi connectivity index (χ1v) is 4.30. The van der Waals surface area contributed by atoms with Crippen LogP contribution >= 0.6 is 0 Å². The summed E-state index contributed by atoms with van der Waals surface area (Å²) in [4.78, 5) is 30.5. The molecular formula is C8H18BaO9SrTi. The Kier molecular flexibility index (Phi) is 32.1. The van der Waals surface area contributed by atoms with Crippen molar-refractivity contribution in [3.63, 3.8) is 0 Å². The van der Waals surface area contributed by atoms with E-state index in [0.717, 1.165) is 0 Å². The van der Waals surface area contributed by atoms with Crippen molar-refractivity contribution in [3.8, 4) is 0 Å². The molecule has 0 rings (SSSR count). The monoisotopic (exact) mass is 532 g/mol. The number of aliphatic hydroxyl groups excluding tert-OH is 2. The maximum atomic E-state index is 10.3. The average molecular weight is 531 g/mol. The van der Waals surface area contributed by atoms with Gasteiger partial charge in [-0.2, -0.15) is 0 Å². The Morgan fingerprint density at radius 2 is 1.10 bits per heavy atom. The van der Waals surface area contributed by atoms with Gasteiger partial charge >= 0.3 is 112 Å². The van der Waals surface area contributed by atoms with Gasteiger partial charge < -0.3 is 30.6 Å². The quantitative estimate of drug-likeness (QED) is 0.187. The van der Waals surface area contributed by atoms with Gasteiger partial charge in [0, 0.05) is 21.7 Å². The minimum atomic E-state index is -2.74. The van der Waals surface area contributed by atoms with Crippen LogP contribution in [0, 0.1) is 0 Å². The van der Waals surface area contributed by atoms with E-state index in [1.165, 1.54) is 0 Å². The second-order valence-electron chi connectivity index (χ2n) is 2.92. The molecule has 6 N–H and O–H groups in total. The van der Waals surface area contributed by atoms with E-state index >= 15 is 0 Å². The predicted octanol–water partition coefficient (Wildman–Crippen LogP) is -4.11. The molecule has 0 aromatic carbocycles. The van der Waals surface area contributed by atoms with Crippen molar-refractivity contribution in [2.24, 2.45) is 0 Å². The van der Waals surface area contributed by atoms with Crippen LogP contribution in [0.5, 0.6) is 0 Å². The average Bonchev–Trinajstić information content (AvgIpc) is 2.15. The maximum absolute atomic E-state index is 10.3. The van der Waals surface area contributed by atoms with Gasteiger partial charge in [-0.25, -0.2) is 4.79 Å². The van der Waals surface area contributed by atoms with Crippen molar-refractivity contribution in [2.45, 2.75) is 18.4 Å². The van der Waals surface area contributed by atoms with Crippen LogP contribution in [0.1, 0.15) is 12.8 Å². The molecule has 0 amide bonds. The molecule has 12 heteroatoms. The van der Waals surface area contributed by atoms with Crippen molar-refractivity contribution >= 4 is 112 Å². The molecule has 0 aromatic heterocycles. The summed E-state index contributed by atoms with van der Waals surface area (Å²) in [6.07, 6.45) is -2.29. The first-order valence-electron chi connectivity index (χ1n) is 4.30. The summed E-state index contributed by atoms with van der Waals surface area (Å²) >= 11 is 0. The fourth-order valence-corrected chi connectivity index (χ4v) is 0.714. The summed E-state index contributed by atoms with van der Waals surface area (Å²) in [6, 6.07) is 0. The summed E-state index contributed by atoms with van der Waals surface area (Å²) < 4.78 is 0. The molecular weight excluding hydrogens is 513 g/mol. The fourth-order valence-electron chi connectivity index (χ4n) is 0.714. The number of carboxylic acid groups (broad SMARTS) is 3. The number of carboxylic acids is 3. The van der Waals surface area contributed by atoms with E-state index in [9.17, 15) is 14.4 Å². The zero-order valence-electron chi connectivity index (χ0n) is 9.24. The molecule has 20 heavy (non-hydrogen) atoms. The van der Waals surface area contributed by atoms with E-state index in [-0.39, 0.29) is 129 Å². The van der Waals surface area contributed by atoms with E-state index < -0.39 is 36.4 Å². The van der Waals surface area contributed by atoms with Gasteiger partial charge in [-0.15, -0.1) is 0 Å². The molecule has 112 valence electrons. The molecule has 0 bridgehead atoms. The predicted molar refractivity (Wildman–Crippen MR) is 68.4 cm³/mol. The fraction of sp³-hybridized carbons (Fsp3) is 0.625. The molecule has 0 aliphatic heterocycles. The Morgan fingerprint density at radius 3 is 1.20 bits per heavy atom. The number of carbonyl (C=O) groups is 3. The molecule has 0 saturated carbocycles. The van der Waals surface area contributed by atoms with Crippen LogP contribution < -0.4 is 0 Å². The van der Waals surface area contributed by atoms with Crippen LogP contribution in [0.2, 0.25) is 0 Å². The van der Waals surface area contributed by atoms with Crippen LogP contribution in [0.4, 0.5) is 0 Å². The minimum absolute atomic E-state index is 0. The Bertz CT molecular complexity index is 271. The van der Waals surface area contributed by atoms with E-state index in [1.807, 2.05) is 0 Å². The normalized spacial score (nSPS) is 8.55. The van der Waals surface area contributed by atoms with Crippen LogP contribution in [0.3, 0.4) is 0 Å². The molecule has 9 nitrogen and oxygen atoms in total. The van der Waals surface area contributed by atoms with Crippen LogP contribution in [-0.4, -0.2) is 162 Å². The van der Waals surface area contributed by atoms with Crippen LogP contribution in [-0.2, 0) is 36.1 Å². The van der Waals surface area contributed by atoms with Gasteiger partial charge in [-0.3, -0.25) is 9.59 Å². The van der Waals surface area contributed by atoms with Crippen molar-refractivity contribution < 1.29 is 66.7 Å². The third kappa shape index (κ3) is 20.1. The van der Waals surface area contributed by atoms with Gasteiger partial charge in [0.1, 0.15) is 0 Å². The molecule has 0 heterocycles. The summed E-state index contributed by atoms with van der Waals surface area (Å²) in [6.45, 7) is -0.250. The summed E-state index contributed by atoms with van der Waals surface area (Å²) in [5.41, 5.74) is -2.74. The van der Waals surface area contributed by atoms with E-state index in [4.69, 9.17) is 30.6 Å². The Hall–Kier alpha value is 2.06. The molecule has 0 radical (unpaired) electrons. The third-order valence-electron chi connectivity index (χ3n) is 1.39. The van der Waals surface area contributed by atoms with Gasteiger partial charge in [0.25, 0.3) is 0 Å². The van der Waals surface area contributed by atoms with Gasteiger partial charge in [-0.05, 0) is 0 Å². The SMILES string of the molecule is O=C(O)CC(O)(CC(=O)O)C(=O)O.OCCO.[BaH2].[SrH2].[Ti]. The van der Waals surface area contributed by atoms with E-state index in [0.29, 0.717) is 0 Å². The Labute approximate surface area is 207 Å². The topological polar surface area (TPSA) is 173 Å². The number of aliphatic hydroxyl groups is 3. The van der Waals surface area contributed by atoms with Gasteiger partial charge in [0.15, 0.2) is 5.60 Å². The molecule has 0 aliphatic rings. The van der Waals surface area contributed by atoms with Crippen molar-refractivity contribution in [3.05, 3.63) is 0 Å². The van der Waals surface area contributed by atoms with E-state index in [2.05, 4.69) is 0 Å². The minimum Gasteiger partial charge on any atom is 0 e. The number of hydrogen-bond acceptors (Lipinski definition) is 6. The summed E-state index contributed by atoms with van der Waals surface area (Å²) in [5, 5.41) is 49.1. The number of rotatable bonds is 6. The van der Waals surface area contributed by atoms with Gasteiger partial charge in [-0.1, -0.05) is 0 Å². The van der Waals surface area contributed by atoms with Crippen molar-refractivity contribution in [1.29, 1.82) is 0 Å². The smallest absolute Gasteiger partial charge is 0 e. The van der Waals surface area contributed by atoms with Crippen molar-refractivity contribution in [1.82, 2.24) is 0 Å². The molecule has 0 spiro atoms. The van der Waals surface area contributed by atoms with Gasteiger partial charge in [0.05, 0.1) is 26.1 Å². The van der Waals surface area contributed by atoms with Crippen LogP contribution in [0.25, 0.3) is 0 Å². The molecule has 0 aromatic rings. The van der Waals surface area contributed by atoms with Gasteiger partial charge in [0.2, 0.25) is 0 Å². The standard InChI is InChI=1S/C6H8O7.C2H6O2.Ba.Sr.Ti.4H/c7-3(8)1-6(13,5(11)12)2-4(9)10;3-1-2-4;;;;;;;/h13H,1-2H2,(H,7,8)(H,9,10)(H,11,12);3-4H,1-2H2;;;;;;;. The zero-order valence-corrected chi connectivity index (χ0v) is 10.8. The molecule has 0 aliphatic carbocycles. The summed E-state index contributed by atoms with van der Waals surface area (Å²) in [7, 11) is 0. The zero-order chi connectivity index (χ0) is 14.1. The second kappa shape index (κ2) is 19.1. The Morgan fingerprint density at radius 1 is 0.850 bits per heavy atom. The number of hydrogen-bond donors (Lipinski definition) is 6. The molecule has 0 fully saturated rings. The van der Waals surface area contributed by atoms with E-state index in [1.54, 1.807) is 0 Å². The van der Waals surface area contributed by atoms with Crippen LogP contribution in [0.15, 0.2) is 0 Å². The first kappa shape index (κ1) is 33.6. The number of aliphatic carboxylic acids is 3. The molecule has 0 unspecified atom stereocenters. The first-order chi connectivity index (χ1) is 7.69. The largest absolute Gasteiger partial charge is 0 e. The third-order valence-corrected chi connectivity index (χ3v) is 1.39. The molecule has 0 atom stereocenters.